The second kappa shape index (κ2) is 54.5. The Bertz CT molecular complexity index is 1560. The minimum atomic E-state index is -4.71. The summed E-state index contributed by atoms with van der Waals surface area (Å²) in [5, 5.41) is 3.01. The van der Waals surface area contributed by atoms with E-state index in [2.05, 4.69) is 99.0 Å². The van der Waals surface area contributed by atoms with Crippen LogP contribution in [0.4, 0.5) is 0 Å². The van der Waals surface area contributed by atoms with E-state index in [0.717, 1.165) is 89.9 Å². The highest BCUT2D eigenvalue weighted by Crippen LogP contribution is 2.38. The average Bonchev–Trinajstić information content (AvgIpc) is 3.37. The van der Waals surface area contributed by atoms with Gasteiger partial charge < -0.3 is 28.5 Å². The molecule has 1 N–H and O–H groups in total. The Morgan fingerprint density at radius 3 is 1.32 bits per heavy atom. The minimum absolute atomic E-state index is 0.0321. The lowest BCUT2D eigenvalue weighted by Crippen LogP contribution is -2.47. The number of rotatable bonds is 55. The van der Waals surface area contributed by atoms with Crippen LogP contribution in [0.1, 0.15) is 265 Å². The smallest absolute Gasteiger partial charge is 0.306 e. The molecule has 0 spiro atoms. The van der Waals surface area contributed by atoms with E-state index in [0.29, 0.717) is 17.4 Å². The predicted octanol–water partition coefficient (Wildman–Crippen LogP) is 18.4. The zero-order valence-corrected chi connectivity index (χ0v) is 50.4. The highest BCUT2D eigenvalue weighted by atomic mass is 31.2. The van der Waals surface area contributed by atoms with Crippen molar-refractivity contribution in [1.29, 1.82) is 0 Å². The summed E-state index contributed by atoms with van der Waals surface area (Å²) >= 11 is 0. The fraction of sp³-hybridized carbons (Fsp3) is 0.754. The van der Waals surface area contributed by atoms with Gasteiger partial charge in [-0.1, -0.05) is 235 Å². The lowest BCUT2D eigenvalue weighted by atomic mass is 10.0. The number of ether oxygens (including phenoxy) is 1. The van der Waals surface area contributed by atoms with E-state index >= 15 is 0 Å². The summed E-state index contributed by atoms with van der Waals surface area (Å²) in [6.07, 6.45) is 71.2. The predicted molar refractivity (Wildman–Crippen MR) is 321 cm³/mol. The van der Waals surface area contributed by atoms with Crippen LogP contribution in [0.2, 0.25) is 0 Å². The van der Waals surface area contributed by atoms with Crippen LogP contribution >= 0.6 is 7.82 Å². The molecular weight excluding hydrogens is 952 g/mol. The van der Waals surface area contributed by atoms with Gasteiger partial charge in [-0.2, -0.15) is 0 Å². The summed E-state index contributed by atoms with van der Waals surface area (Å²) < 4.78 is 30.3. The fourth-order valence-electron chi connectivity index (χ4n) is 8.54. The summed E-state index contributed by atoms with van der Waals surface area (Å²) in [5.41, 5.74) is 0. The number of hydrogen-bond acceptors (Lipinski definition) is 7. The number of phosphoric acid groups is 1. The van der Waals surface area contributed by atoms with E-state index in [1.807, 2.05) is 33.3 Å². The first-order chi connectivity index (χ1) is 36.4. The number of carbonyl (C=O) groups is 2. The minimum Gasteiger partial charge on any atom is -0.756 e. The average molecular weight is 1070 g/mol. The first-order valence-electron chi connectivity index (χ1n) is 30.9. The van der Waals surface area contributed by atoms with Gasteiger partial charge in [-0.25, -0.2) is 0 Å². The van der Waals surface area contributed by atoms with Gasteiger partial charge in [0.2, 0.25) is 5.91 Å². The summed E-state index contributed by atoms with van der Waals surface area (Å²) in [7, 11) is 1.15. The molecule has 0 heterocycles. The van der Waals surface area contributed by atoms with E-state index in [-0.39, 0.29) is 31.3 Å². The number of nitrogens with one attached hydrogen (secondary N) is 1. The van der Waals surface area contributed by atoms with Gasteiger partial charge in [-0.05, 0) is 102 Å². The first-order valence-corrected chi connectivity index (χ1v) is 32.4. The molecule has 0 aromatic heterocycles. The van der Waals surface area contributed by atoms with Crippen molar-refractivity contribution in [2.45, 2.75) is 277 Å². The molecule has 0 aliphatic heterocycles. The van der Waals surface area contributed by atoms with Crippen molar-refractivity contribution >= 4 is 19.7 Å². The summed E-state index contributed by atoms with van der Waals surface area (Å²) in [6, 6.07) is -0.909. The molecular formula is C65H117N2O7P. The maximum absolute atomic E-state index is 13.5. The molecule has 0 bridgehead atoms. The number of allylic oxidation sites excluding steroid dienone is 13. The molecule has 0 aromatic rings. The first kappa shape index (κ1) is 72.2. The number of hydrogen-bond donors (Lipinski definition) is 1. The van der Waals surface area contributed by atoms with Gasteiger partial charge in [-0.3, -0.25) is 14.2 Å². The molecule has 3 atom stereocenters. The molecule has 1 amide bonds. The largest absolute Gasteiger partial charge is 0.756 e. The summed E-state index contributed by atoms with van der Waals surface area (Å²) in [4.78, 5) is 40.0. The van der Waals surface area contributed by atoms with Gasteiger partial charge in [0.1, 0.15) is 19.3 Å². The van der Waals surface area contributed by atoms with Crippen LogP contribution in [0.5, 0.6) is 0 Å². The Hall–Kier alpha value is -2.81. The Labute approximate surface area is 463 Å². The topological polar surface area (TPSA) is 114 Å². The number of quaternary nitrogens is 1. The summed E-state index contributed by atoms with van der Waals surface area (Å²) in [6.45, 7) is 6.68. The Morgan fingerprint density at radius 1 is 0.480 bits per heavy atom. The molecule has 0 saturated heterocycles. The number of nitrogens with zero attached hydrogens (tertiary/aromatic N) is 1. The normalized spacial score (nSPS) is 14.3. The second-order valence-electron chi connectivity index (χ2n) is 21.8. The van der Waals surface area contributed by atoms with Gasteiger partial charge >= 0.3 is 5.97 Å². The third kappa shape index (κ3) is 55.7. The van der Waals surface area contributed by atoms with E-state index in [1.165, 1.54) is 135 Å². The molecule has 0 saturated carbocycles. The van der Waals surface area contributed by atoms with Gasteiger partial charge in [0, 0.05) is 12.8 Å². The molecule has 0 radical (unpaired) electrons. The zero-order chi connectivity index (χ0) is 55.0. The van der Waals surface area contributed by atoms with Gasteiger partial charge in [0.25, 0.3) is 7.82 Å². The lowest BCUT2D eigenvalue weighted by Gasteiger charge is -2.30. The number of phosphoric ester groups is 1. The maximum atomic E-state index is 13.5. The fourth-order valence-corrected chi connectivity index (χ4v) is 9.27. The van der Waals surface area contributed by atoms with Crippen LogP contribution in [0, 0.1) is 0 Å². The SMILES string of the molecule is CC/C=C/C/C=C/C/C=C/C/C=C/CCCCCC(=O)NC(COP(=O)([O-])OCC[N+](C)(C)C)C(/C=C/CCCCCCCCCCCC)OC(=O)CCCCCCCCCCCCC/C=C\C/C=C\CCCCC. The van der Waals surface area contributed by atoms with Crippen LogP contribution in [-0.2, 0) is 27.9 Å². The Kier molecular flexibility index (Phi) is 52.5. The molecule has 0 fully saturated rings. The quantitative estimate of drug-likeness (QED) is 0.0212. The van der Waals surface area contributed by atoms with Crippen molar-refractivity contribution in [3.05, 3.63) is 85.1 Å². The number of carbonyl (C=O) groups excluding carboxylic acids is 2. The van der Waals surface area contributed by atoms with Crippen molar-refractivity contribution in [1.82, 2.24) is 5.32 Å². The lowest BCUT2D eigenvalue weighted by molar-refractivity contribution is -0.870. The van der Waals surface area contributed by atoms with Crippen LogP contribution in [0.25, 0.3) is 0 Å². The van der Waals surface area contributed by atoms with E-state index in [4.69, 9.17) is 13.8 Å². The number of unbranched alkanes of at least 4 members (excludes halogenated alkanes) is 27. The van der Waals surface area contributed by atoms with E-state index in [1.54, 1.807) is 0 Å². The van der Waals surface area contributed by atoms with Gasteiger partial charge in [0.15, 0.2) is 0 Å². The van der Waals surface area contributed by atoms with Crippen LogP contribution in [-0.4, -0.2) is 69.4 Å². The van der Waals surface area contributed by atoms with Crippen LogP contribution in [0.3, 0.4) is 0 Å². The molecule has 0 aliphatic rings. The van der Waals surface area contributed by atoms with Crippen molar-refractivity contribution in [3.63, 3.8) is 0 Å². The zero-order valence-electron chi connectivity index (χ0n) is 49.5. The van der Waals surface area contributed by atoms with Gasteiger partial charge in [0.05, 0.1) is 33.8 Å². The molecule has 0 rings (SSSR count). The molecule has 0 aliphatic carbocycles. The van der Waals surface area contributed by atoms with Crippen molar-refractivity contribution < 1.29 is 37.3 Å². The van der Waals surface area contributed by atoms with E-state index in [9.17, 15) is 19.0 Å². The van der Waals surface area contributed by atoms with Crippen molar-refractivity contribution in [2.24, 2.45) is 0 Å². The molecule has 3 unspecified atom stereocenters. The van der Waals surface area contributed by atoms with E-state index < -0.39 is 26.6 Å². The molecule has 0 aromatic carbocycles. The number of amides is 1. The molecule has 9 nitrogen and oxygen atoms in total. The van der Waals surface area contributed by atoms with Crippen LogP contribution < -0.4 is 10.2 Å². The summed E-state index contributed by atoms with van der Waals surface area (Å²) in [5.74, 6) is -0.580. The third-order valence-corrected chi connectivity index (χ3v) is 14.3. The molecule has 75 heavy (non-hydrogen) atoms. The second-order valence-corrected chi connectivity index (χ2v) is 23.2. The maximum Gasteiger partial charge on any atom is 0.306 e. The Balaban J connectivity index is 5.28. The highest BCUT2D eigenvalue weighted by molar-refractivity contribution is 7.45. The third-order valence-electron chi connectivity index (χ3n) is 13.3. The standard InChI is InChI=1S/C65H117N2O7P/c1-7-10-13-16-19-22-25-28-30-32-33-34-35-36-38-40-43-46-49-52-55-58-65(69)74-63(56-53-50-47-44-41-27-24-21-18-15-12-9-3)62(61-73-75(70,71)72-60-59-67(4,5)6)66-64(68)57-54-51-48-45-42-39-37-31-29-26-23-20-17-14-11-8-2/h11,14,19-20,22-23,28-31,39,42,53,56,62-63H,7-10,12-13,15-18,21,24-27,32-38,40-41,43-52,54-55,57-61H2,1-6H3,(H-,66,68,70,71)/b14-11+,22-19-,23-20+,30-28-,31-29+,42-39+,56-53+. The number of esters is 1. The Morgan fingerprint density at radius 2 is 0.853 bits per heavy atom. The van der Waals surface area contributed by atoms with Gasteiger partial charge in [-0.15, -0.1) is 0 Å². The molecule has 434 valence electrons. The highest BCUT2D eigenvalue weighted by Gasteiger charge is 2.27. The number of likely N-dealkylation sites (N-methyl/N-ethyl adjacent to an activating group) is 1. The molecule has 10 heteroatoms. The van der Waals surface area contributed by atoms with Crippen LogP contribution in [0.15, 0.2) is 85.1 Å². The van der Waals surface area contributed by atoms with Crippen molar-refractivity contribution in [3.8, 4) is 0 Å². The monoisotopic (exact) mass is 1070 g/mol. The van der Waals surface area contributed by atoms with Crippen molar-refractivity contribution in [2.75, 3.05) is 40.9 Å².